The Bertz CT molecular complexity index is 1130. The van der Waals surface area contributed by atoms with E-state index >= 15 is 0 Å². The topological polar surface area (TPSA) is 107 Å². The zero-order chi connectivity index (χ0) is 24.3. The normalized spacial score (nSPS) is 15.6. The molecule has 9 nitrogen and oxygen atoms in total. The molecular weight excluding hydrogens is 520 g/mol. The molecule has 1 atom stereocenters. The summed E-state index contributed by atoms with van der Waals surface area (Å²) >= 11 is 9.93. The summed E-state index contributed by atoms with van der Waals surface area (Å²) in [4.78, 5) is 37.8. The number of halogens is 2. The van der Waals surface area contributed by atoms with Gasteiger partial charge in [-0.05, 0) is 59.1 Å². The van der Waals surface area contributed by atoms with Crippen LogP contribution in [0, 0.1) is 0 Å². The fraction of sp³-hybridized carbons (Fsp3) is 0.318. The second-order valence-electron chi connectivity index (χ2n) is 7.10. The molecule has 1 aliphatic rings. The van der Waals surface area contributed by atoms with Gasteiger partial charge in [0.2, 0.25) is 5.76 Å². The maximum absolute atomic E-state index is 12.9. The first-order chi connectivity index (χ1) is 15.7. The van der Waals surface area contributed by atoms with E-state index in [1.807, 2.05) is 13.8 Å². The summed E-state index contributed by atoms with van der Waals surface area (Å²) < 4.78 is 21.7. The largest absolute Gasteiger partial charge is 0.493 e. The molecule has 1 saturated heterocycles. The van der Waals surface area contributed by atoms with Crippen LogP contribution >= 0.6 is 27.5 Å². The van der Waals surface area contributed by atoms with Crippen molar-refractivity contribution in [1.82, 2.24) is 10.2 Å². The Morgan fingerprint density at radius 3 is 2.70 bits per heavy atom. The van der Waals surface area contributed by atoms with Gasteiger partial charge in [-0.3, -0.25) is 9.69 Å². The Hall–Kier alpha value is -2.98. The molecule has 1 fully saturated rings. The number of carbonyl (C=O) groups excluding carboxylic acids is 3. The number of amides is 3. The Morgan fingerprint density at radius 1 is 1.33 bits per heavy atom. The summed E-state index contributed by atoms with van der Waals surface area (Å²) in [6.45, 7) is 3.73. The lowest BCUT2D eigenvalue weighted by Crippen LogP contribution is -2.30. The van der Waals surface area contributed by atoms with Gasteiger partial charge in [0.05, 0.1) is 26.9 Å². The van der Waals surface area contributed by atoms with Gasteiger partial charge < -0.3 is 23.9 Å². The molecule has 1 aromatic heterocycles. The number of imide groups is 1. The van der Waals surface area contributed by atoms with Crippen molar-refractivity contribution >= 4 is 51.5 Å². The van der Waals surface area contributed by atoms with Crippen molar-refractivity contribution in [3.63, 3.8) is 0 Å². The van der Waals surface area contributed by atoms with Crippen molar-refractivity contribution < 1.29 is 33.0 Å². The number of hydrogen-bond acceptors (Lipinski definition) is 7. The fourth-order valence-electron chi connectivity index (χ4n) is 2.96. The minimum Gasteiger partial charge on any atom is -0.493 e. The number of hydrogen-bond donors (Lipinski definition) is 1. The van der Waals surface area contributed by atoms with Gasteiger partial charge in [0.1, 0.15) is 16.5 Å². The van der Waals surface area contributed by atoms with Crippen LogP contribution in [0.25, 0.3) is 6.08 Å². The van der Waals surface area contributed by atoms with Gasteiger partial charge in [-0.15, -0.1) is 0 Å². The first-order valence-electron chi connectivity index (χ1n) is 9.94. The molecule has 1 aromatic carbocycles. The van der Waals surface area contributed by atoms with Crippen LogP contribution in [0.15, 0.2) is 32.8 Å². The van der Waals surface area contributed by atoms with E-state index in [0.717, 1.165) is 11.3 Å². The summed E-state index contributed by atoms with van der Waals surface area (Å²) in [5.74, 6) is -0.244. The Balaban J connectivity index is 1.87. The van der Waals surface area contributed by atoms with Gasteiger partial charge in [0.15, 0.2) is 11.5 Å². The highest BCUT2D eigenvalue weighted by Crippen LogP contribution is 2.44. The second-order valence-corrected chi connectivity index (χ2v) is 8.27. The van der Waals surface area contributed by atoms with Gasteiger partial charge in [0.25, 0.3) is 5.91 Å². The maximum atomic E-state index is 12.9. The number of urea groups is 1. The highest BCUT2D eigenvalue weighted by Gasteiger charge is 2.35. The lowest BCUT2D eigenvalue weighted by atomic mass is 10.1. The number of furan rings is 1. The molecule has 33 heavy (non-hydrogen) atoms. The number of carbonyl (C=O) groups is 3. The Kier molecular flexibility index (Phi) is 7.70. The van der Waals surface area contributed by atoms with Gasteiger partial charge in [-0.1, -0.05) is 18.5 Å². The monoisotopic (exact) mass is 540 g/mol. The number of benzene rings is 1. The predicted molar refractivity (Wildman–Crippen MR) is 123 cm³/mol. The van der Waals surface area contributed by atoms with Crippen molar-refractivity contribution in [2.24, 2.45) is 0 Å². The minimum atomic E-state index is -0.657. The third-order valence-electron chi connectivity index (χ3n) is 4.89. The standard InChI is InChI=1S/C22H22BrClN2O7/c1-5-11(2)32-19-16(30-3)9-12(17(23)18(19)24)8-14-20(27)26(22(29)25-14)10-13-6-7-15(33-13)21(28)31-4/h6-9,11H,5,10H2,1-4H3,(H,25,29)/b14-8-/t11-/m1/s1. The van der Waals surface area contributed by atoms with Crippen LogP contribution in [0.2, 0.25) is 5.02 Å². The first-order valence-corrected chi connectivity index (χ1v) is 11.1. The lowest BCUT2D eigenvalue weighted by molar-refractivity contribution is -0.123. The van der Waals surface area contributed by atoms with E-state index in [-0.39, 0.29) is 34.9 Å². The van der Waals surface area contributed by atoms with E-state index in [2.05, 4.69) is 26.0 Å². The van der Waals surface area contributed by atoms with Gasteiger partial charge >= 0.3 is 12.0 Å². The molecule has 3 amide bonds. The summed E-state index contributed by atoms with van der Waals surface area (Å²) in [6.07, 6.45) is 2.17. The van der Waals surface area contributed by atoms with Crippen molar-refractivity contribution in [2.45, 2.75) is 32.9 Å². The van der Waals surface area contributed by atoms with Crippen molar-refractivity contribution in [3.8, 4) is 11.5 Å². The van der Waals surface area contributed by atoms with Gasteiger partial charge in [-0.2, -0.15) is 0 Å². The average Bonchev–Trinajstić information content (AvgIpc) is 3.38. The molecule has 176 valence electrons. The molecule has 0 unspecified atom stereocenters. The van der Waals surface area contributed by atoms with E-state index < -0.39 is 17.9 Å². The fourth-order valence-corrected chi connectivity index (χ4v) is 3.61. The molecule has 1 aliphatic heterocycles. The van der Waals surface area contributed by atoms with Gasteiger partial charge in [0, 0.05) is 4.47 Å². The van der Waals surface area contributed by atoms with Crippen LogP contribution in [-0.2, 0) is 16.1 Å². The Labute approximate surface area is 203 Å². The van der Waals surface area contributed by atoms with Crippen molar-refractivity contribution in [2.75, 3.05) is 14.2 Å². The molecule has 2 aromatic rings. The SMILES string of the molecule is CC[C@@H](C)Oc1c(OC)cc(/C=C2\NC(=O)N(Cc3ccc(C(=O)OC)o3)C2=O)c(Br)c1Cl. The number of methoxy groups -OCH3 is 2. The molecule has 1 N–H and O–H groups in total. The zero-order valence-corrected chi connectivity index (χ0v) is 20.7. The van der Waals surface area contributed by atoms with E-state index in [1.165, 1.54) is 32.4 Å². The molecule has 3 rings (SSSR count). The number of nitrogens with zero attached hydrogens (tertiary/aromatic N) is 1. The number of rotatable bonds is 8. The smallest absolute Gasteiger partial charge is 0.373 e. The average molecular weight is 542 g/mol. The highest BCUT2D eigenvalue weighted by molar-refractivity contribution is 9.10. The molecule has 0 radical (unpaired) electrons. The van der Waals surface area contributed by atoms with Crippen LogP contribution in [-0.4, -0.2) is 43.1 Å². The van der Waals surface area contributed by atoms with Crippen molar-refractivity contribution in [3.05, 3.63) is 50.5 Å². The van der Waals surface area contributed by atoms with Crippen LogP contribution in [0.1, 0.15) is 42.1 Å². The van der Waals surface area contributed by atoms with E-state index in [4.69, 9.17) is 25.5 Å². The summed E-state index contributed by atoms with van der Waals surface area (Å²) in [7, 11) is 2.71. The number of esters is 1. The maximum Gasteiger partial charge on any atom is 0.373 e. The van der Waals surface area contributed by atoms with Crippen LogP contribution < -0.4 is 14.8 Å². The molecule has 11 heteroatoms. The Morgan fingerprint density at radius 2 is 2.06 bits per heavy atom. The van der Waals surface area contributed by atoms with Crippen LogP contribution in [0.5, 0.6) is 11.5 Å². The third kappa shape index (κ3) is 5.17. The van der Waals surface area contributed by atoms with Gasteiger partial charge in [-0.25, -0.2) is 9.59 Å². The predicted octanol–water partition coefficient (Wildman–Crippen LogP) is 4.76. The lowest BCUT2D eigenvalue weighted by Gasteiger charge is -2.18. The second kappa shape index (κ2) is 10.3. The summed E-state index contributed by atoms with van der Waals surface area (Å²) in [5.41, 5.74) is 0.541. The molecule has 0 saturated carbocycles. The quantitative estimate of drug-likeness (QED) is 0.292. The number of nitrogens with one attached hydrogen (secondary N) is 1. The molecule has 0 spiro atoms. The first kappa shape index (κ1) is 24.7. The highest BCUT2D eigenvalue weighted by atomic mass is 79.9. The zero-order valence-electron chi connectivity index (χ0n) is 18.4. The summed E-state index contributed by atoms with van der Waals surface area (Å²) in [5, 5.41) is 2.81. The van der Waals surface area contributed by atoms with Crippen molar-refractivity contribution in [1.29, 1.82) is 0 Å². The summed E-state index contributed by atoms with van der Waals surface area (Å²) in [6, 6.07) is 3.92. The molecule has 0 aliphatic carbocycles. The van der Waals surface area contributed by atoms with E-state index in [9.17, 15) is 14.4 Å². The number of ether oxygens (including phenoxy) is 3. The van der Waals surface area contributed by atoms with Crippen LogP contribution in [0.4, 0.5) is 4.79 Å². The minimum absolute atomic E-state index is 0.0271. The molecular formula is C22H22BrClN2O7. The van der Waals surface area contributed by atoms with Crippen LogP contribution in [0.3, 0.4) is 0 Å². The third-order valence-corrected chi connectivity index (χ3v) is 6.34. The molecule has 2 heterocycles. The van der Waals surface area contributed by atoms with E-state index in [0.29, 0.717) is 21.5 Å². The molecule has 0 bridgehead atoms. The van der Waals surface area contributed by atoms with E-state index in [1.54, 1.807) is 6.07 Å².